The van der Waals surface area contributed by atoms with Gasteiger partial charge in [-0.05, 0) is 71.4 Å². The summed E-state index contributed by atoms with van der Waals surface area (Å²) < 4.78 is 17.2. The first-order valence-corrected chi connectivity index (χ1v) is 13.6. The van der Waals surface area contributed by atoms with Gasteiger partial charge in [0.15, 0.2) is 0 Å². The van der Waals surface area contributed by atoms with E-state index in [1.165, 1.54) is 0 Å². The molecule has 0 radical (unpaired) electrons. The number of carbonyl (C=O) groups excluding carboxylic acids is 1. The van der Waals surface area contributed by atoms with Gasteiger partial charge in [0.05, 0.1) is 11.3 Å². The summed E-state index contributed by atoms with van der Waals surface area (Å²) in [4.78, 5) is 15.5. The molecule has 7 heteroatoms. The van der Waals surface area contributed by atoms with Crippen LogP contribution in [0.5, 0.6) is 0 Å². The Morgan fingerprint density at radius 3 is 1.89 bits per heavy atom. The minimum Gasteiger partial charge on any atom is -0.305 e. The number of nitrogens with two attached hydrogens (primary N) is 1. The Bertz CT molecular complexity index is 1260. The Labute approximate surface area is 223 Å². The summed E-state index contributed by atoms with van der Waals surface area (Å²) in [5.41, 5.74) is 6.51. The van der Waals surface area contributed by atoms with Gasteiger partial charge in [0, 0.05) is 6.54 Å². The van der Waals surface area contributed by atoms with Crippen LogP contribution in [0.2, 0.25) is 0 Å². The number of amides is 1. The predicted molar refractivity (Wildman–Crippen MR) is 156 cm³/mol. The lowest BCUT2D eigenvalue weighted by Gasteiger charge is -2.21. The highest BCUT2D eigenvalue weighted by molar-refractivity contribution is 7.91. The Balaban J connectivity index is 0.00000456. The first-order valence-electron chi connectivity index (χ1n) is 12.0. The fraction of sp³-hybridized carbons (Fsp3) is 0.345. The minimum atomic E-state index is -3.33. The molecule has 0 spiro atoms. The van der Waals surface area contributed by atoms with Crippen molar-refractivity contribution in [2.24, 2.45) is 9.50 Å². The minimum absolute atomic E-state index is 0. The topological polar surface area (TPSA) is 75.8 Å². The van der Waals surface area contributed by atoms with Crippen molar-refractivity contribution in [3.63, 3.8) is 0 Å². The van der Waals surface area contributed by atoms with E-state index in [4.69, 9.17) is 5.14 Å². The van der Waals surface area contributed by atoms with Gasteiger partial charge in [-0.3, -0.25) is 4.79 Å². The van der Waals surface area contributed by atoms with Crippen molar-refractivity contribution in [2.45, 2.75) is 57.4 Å². The molecule has 1 atom stereocenters. The Hall–Kier alpha value is -2.45. The maximum Gasteiger partial charge on any atom is 0.259 e. The van der Waals surface area contributed by atoms with E-state index >= 15 is 0 Å². The summed E-state index contributed by atoms with van der Waals surface area (Å²) in [7, 11) is 0.636. The molecule has 0 saturated heterocycles. The molecule has 0 aliphatic heterocycles. The van der Waals surface area contributed by atoms with Gasteiger partial charge in [-0.25, -0.2) is 9.35 Å². The van der Waals surface area contributed by atoms with Crippen LogP contribution >= 0.6 is 13.5 Å². The molecule has 3 aromatic rings. The van der Waals surface area contributed by atoms with Crippen LogP contribution in [-0.2, 0) is 27.7 Å². The third-order valence-corrected chi connectivity index (χ3v) is 7.42. The zero-order valence-corrected chi connectivity index (χ0v) is 23.9. The van der Waals surface area contributed by atoms with Gasteiger partial charge in [0.2, 0.25) is 0 Å². The van der Waals surface area contributed by atoms with E-state index in [2.05, 4.69) is 56.3 Å². The van der Waals surface area contributed by atoms with Gasteiger partial charge in [-0.2, -0.15) is 13.5 Å². The van der Waals surface area contributed by atoms with Crippen LogP contribution in [0.15, 0.2) is 76.0 Å². The van der Waals surface area contributed by atoms with Crippen LogP contribution < -0.4 is 5.14 Å². The number of hydrogen-bond acceptors (Lipinski definition) is 3. The Kier molecular flexibility index (Phi) is 10.5. The SMILES string of the molecule is CC(C)c1cc(-c2ccccc2)cc(C(C)C)c1CC(=O)N=S(N)(=O)c1ccc(CN(C)C)cc1.S. The molecule has 3 rings (SSSR count). The van der Waals surface area contributed by atoms with Gasteiger partial charge in [-0.15, -0.1) is 4.36 Å². The second kappa shape index (κ2) is 12.7. The van der Waals surface area contributed by atoms with E-state index < -0.39 is 15.8 Å². The number of carbonyl (C=O) groups is 1. The van der Waals surface area contributed by atoms with Crippen molar-refractivity contribution in [1.29, 1.82) is 0 Å². The Morgan fingerprint density at radius 1 is 0.889 bits per heavy atom. The highest BCUT2D eigenvalue weighted by Gasteiger charge is 2.20. The molecule has 0 fully saturated rings. The molecular weight excluding hydrogens is 486 g/mol. The van der Waals surface area contributed by atoms with Gasteiger partial charge < -0.3 is 4.90 Å². The molecule has 0 aliphatic carbocycles. The van der Waals surface area contributed by atoms with Crippen LogP contribution in [0.1, 0.15) is 61.8 Å². The van der Waals surface area contributed by atoms with Crippen molar-refractivity contribution in [1.82, 2.24) is 4.90 Å². The zero-order valence-electron chi connectivity index (χ0n) is 22.1. The molecule has 0 aliphatic rings. The highest BCUT2D eigenvalue weighted by Crippen LogP contribution is 2.34. The lowest BCUT2D eigenvalue weighted by molar-refractivity contribution is -0.117. The first-order chi connectivity index (χ1) is 16.5. The van der Waals surface area contributed by atoms with Crippen molar-refractivity contribution >= 4 is 29.3 Å². The second-order valence-electron chi connectivity index (χ2n) is 9.92. The number of hydrogen-bond donors (Lipinski definition) is 1. The summed E-state index contributed by atoms with van der Waals surface area (Å²) in [6.07, 6.45) is 0.0724. The Morgan fingerprint density at radius 2 is 1.42 bits per heavy atom. The maximum absolute atomic E-state index is 13.2. The van der Waals surface area contributed by atoms with Crippen LogP contribution in [0, 0.1) is 0 Å². The van der Waals surface area contributed by atoms with Gasteiger partial charge >= 0.3 is 0 Å². The van der Waals surface area contributed by atoms with Crippen molar-refractivity contribution in [3.8, 4) is 11.1 Å². The van der Waals surface area contributed by atoms with Gasteiger partial charge in [-0.1, -0.05) is 82.3 Å². The lowest BCUT2D eigenvalue weighted by atomic mass is 9.84. The van der Waals surface area contributed by atoms with E-state index in [0.29, 0.717) is 4.90 Å². The monoisotopic (exact) mass is 525 g/mol. The third kappa shape index (κ3) is 7.53. The normalized spacial score (nSPS) is 12.9. The van der Waals surface area contributed by atoms with E-state index in [-0.39, 0.29) is 31.8 Å². The van der Waals surface area contributed by atoms with Crippen LogP contribution in [0.25, 0.3) is 11.1 Å². The van der Waals surface area contributed by atoms with Crippen molar-refractivity contribution in [2.75, 3.05) is 14.1 Å². The number of benzene rings is 3. The molecule has 2 N–H and O–H groups in total. The summed E-state index contributed by atoms with van der Waals surface area (Å²) in [6.45, 7) is 9.26. The summed E-state index contributed by atoms with van der Waals surface area (Å²) in [5, 5.41) is 6.07. The first kappa shape index (κ1) is 29.8. The number of rotatable bonds is 8. The van der Waals surface area contributed by atoms with Gasteiger partial charge in [0.25, 0.3) is 5.91 Å². The molecule has 0 bridgehead atoms. The van der Waals surface area contributed by atoms with Crippen LogP contribution in [0.3, 0.4) is 0 Å². The highest BCUT2D eigenvalue weighted by atomic mass is 32.2. The maximum atomic E-state index is 13.2. The molecule has 36 heavy (non-hydrogen) atoms. The molecule has 5 nitrogen and oxygen atoms in total. The smallest absolute Gasteiger partial charge is 0.259 e. The quantitative estimate of drug-likeness (QED) is 0.378. The summed E-state index contributed by atoms with van der Waals surface area (Å²) >= 11 is 0. The molecule has 0 heterocycles. The van der Waals surface area contributed by atoms with Crippen LogP contribution in [0.4, 0.5) is 0 Å². The largest absolute Gasteiger partial charge is 0.305 e. The molecule has 1 amide bonds. The number of nitrogens with zero attached hydrogens (tertiary/aromatic N) is 2. The molecule has 194 valence electrons. The second-order valence-corrected chi connectivity index (χ2v) is 11.7. The van der Waals surface area contributed by atoms with E-state index in [0.717, 1.165) is 39.9 Å². The van der Waals surface area contributed by atoms with Crippen molar-refractivity contribution in [3.05, 3.63) is 89.0 Å². The van der Waals surface area contributed by atoms with Crippen LogP contribution in [-0.4, -0.2) is 29.1 Å². The average Bonchev–Trinajstić information content (AvgIpc) is 2.79. The standard InChI is InChI=1S/C29H37N3O2S.H2S/c1-20(2)26-16-24(23-10-8-7-9-11-23)17-27(21(3)4)28(26)18-29(33)31-35(30,34)25-14-12-22(13-15-25)19-32(5)6;/h7-17,20-21H,18-19H2,1-6H3,(H2,30,31,33,34);1H2. The summed E-state index contributed by atoms with van der Waals surface area (Å²) in [5.74, 6) is -0.0398. The average molecular weight is 526 g/mol. The molecule has 0 saturated carbocycles. The fourth-order valence-electron chi connectivity index (χ4n) is 4.29. The lowest BCUT2D eigenvalue weighted by Crippen LogP contribution is -2.17. The molecule has 3 aromatic carbocycles. The van der Waals surface area contributed by atoms with E-state index in [9.17, 15) is 9.00 Å². The van der Waals surface area contributed by atoms with Crippen molar-refractivity contribution < 1.29 is 9.00 Å². The fourth-order valence-corrected chi connectivity index (χ4v) is 5.29. The van der Waals surface area contributed by atoms with E-state index in [1.54, 1.807) is 12.1 Å². The molecular formula is C29H39N3O2S2. The zero-order chi connectivity index (χ0) is 25.8. The summed E-state index contributed by atoms with van der Waals surface area (Å²) in [6, 6.07) is 21.7. The third-order valence-electron chi connectivity index (χ3n) is 6.00. The molecule has 0 aromatic heterocycles. The van der Waals surface area contributed by atoms with E-state index in [1.807, 2.05) is 49.3 Å². The predicted octanol–water partition coefficient (Wildman–Crippen LogP) is 6.24. The van der Waals surface area contributed by atoms with Gasteiger partial charge in [0.1, 0.15) is 9.92 Å². The molecule has 1 unspecified atom stereocenters.